The first-order valence-corrected chi connectivity index (χ1v) is 11.9. The van der Waals surface area contributed by atoms with Crippen molar-refractivity contribution in [3.8, 4) is 10.6 Å². The number of halogens is 4. The topological polar surface area (TPSA) is 76.2 Å². The van der Waals surface area contributed by atoms with E-state index in [1.165, 1.54) is 29.2 Å². The number of benzene rings is 2. The number of thiazole rings is 1. The number of carboxylic acids is 1. The number of hydrogen-bond acceptors (Lipinski definition) is 6. The largest absolute Gasteiger partial charge is 0.481 e. The van der Waals surface area contributed by atoms with Crippen LogP contribution in [0.4, 0.5) is 17.6 Å². The molecule has 34 heavy (non-hydrogen) atoms. The monoisotopic (exact) mass is 510 g/mol. The number of fused-ring (bicyclic) bond motifs is 1. The highest BCUT2D eigenvalue weighted by molar-refractivity contribution is 7.99. The second-order valence-corrected chi connectivity index (χ2v) is 9.64. The minimum absolute atomic E-state index is 0.0817. The van der Waals surface area contributed by atoms with E-state index >= 15 is 0 Å². The Morgan fingerprint density at radius 3 is 2.62 bits per heavy atom. The number of carboxylic acid groups (broad SMARTS) is 1. The van der Waals surface area contributed by atoms with E-state index in [0.29, 0.717) is 33.4 Å². The van der Waals surface area contributed by atoms with Crippen molar-refractivity contribution >= 4 is 40.2 Å². The van der Waals surface area contributed by atoms with E-state index in [1.54, 1.807) is 13.0 Å². The molecule has 0 aliphatic carbocycles. The summed E-state index contributed by atoms with van der Waals surface area (Å²) < 4.78 is 58.2. The van der Waals surface area contributed by atoms with Gasteiger partial charge in [0.05, 0.1) is 17.7 Å². The predicted octanol–water partition coefficient (Wildman–Crippen LogP) is 7.04. The van der Waals surface area contributed by atoms with E-state index in [-0.39, 0.29) is 18.4 Å². The van der Waals surface area contributed by atoms with Crippen molar-refractivity contribution in [2.24, 2.45) is 0 Å². The van der Waals surface area contributed by atoms with Crippen LogP contribution in [0.2, 0.25) is 0 Å². The molecular weight excluding hydrogens is 492 g/mol. The zero-order valence-electron chi connectivity index (χ0n) is 18.0. The van der Waals surface area contributed by atoms with Crippen molar-refractivity contribution in [1.29, 1.82) is 0 Å². The summed E-state index contributed by atoms with van der Waals surface area (Å²) in [6.07, 6.45) is -4.65. The molecule has 0 saturated carbocycles. The first kappa shape index (κ1) is 24.2. The maximum absolute atomic E-state index is 14.0. The Bertz CT molecular complexity index is 1380. The van der Waals surface area contributed by atoms with Crippen molar-refractivity contribution in [2.75, 3.05) is 0 Å². The average Bonchev–Trinajstić information content (AvgIpc) is 3.34. The molecule has 0 unspecified atom stereocenters. The lowest BCUT2D eigenvalue weighted by Gasteiger charge is -2.08. The fraction of sp³-hybridized carbons (Fsp3) is 0.261. The molecule has 5 nitrogen and oxygen atoms in total. The Morgan fingerprint density at radius 1 is 1.18 bits per heavy atom. The molecule has 0 radical (unpaired) electrons. The van der Waals surface area contributed by atoms with Crippen LogP contribution in [0.25, 0.3) is 21.7 Å². The molecular formula is C23H18F4N2O3S2. The number of aromatic nitrogens is 2. The lowest BCUT2D eigenvalue weighted by Crippen LogP contribution is -2.07. The molecule has 0 aliphatic heterocycles. The quantitative estimate of drug-likeness (QED) is 0.212. The summed E-state index contributed by atoms with van der Waals surface area (Å²) in [5.74, 6) is -1.40. The maximum atomic E-state index is 14.0. The van der Waals surface area contributed by atoms with Crippen LogP contribution in [0.15, 0.2) is 39.6 Å². The van der Waals surface area contributed by atoms with E-state index in [9.17, 15) is 22.4 Å². The molecule has 4 aromatic rings. The highest BCUT2D eigenvalue weighted by Crippen LogP contribution is 2.38. The van der Waals surface area contributed by atoms with E-state index in [1.807, 2.05) is 13.0 Å². The summed E-state index contributed by atoms with van der Waals surface area (Å²) in [6, 6.07) is 6.50. The summed E-state index contributed by atoms with van der Waals surface area (Å²) in [6.45, 7) is 3.73. The lowest BCUT2D eigenvalue weighted by atomic mass is 10.1. The molecule has 0 bridgehead atoms. The Labute approximate surface area is 199 Å². The summed E-state index contributed by atoms with van der Waals surface area (Å²) in [5.41, 5.74) is 1.88. The minimum atomic E-state index is -4.75. The van der Waals surface area contributed by atoms with E-state index in [4.69, 9.17) is 9.52 Å². The number of thioether (sulfide) groups is 1. The Hall–Kier alpha value is -2.92. The first-order chi connectivity index (χ1) is 16.0. The van der Waals surface area contributed by atoms with Gasteiger partial charge in [0.15, 0.2) is 11.5 Å². The Balaban J connectivity index is 1.56. The van der Waals surface area contributed by atoms with Crippen LogP contribution in [0.3, 0.4) is 0 Å². The zero-order chi connectivity index (χ0) is 24.6. The van der Waals surface area contributed by atoms with Crippen LogP contribution < -0.4 is 0 Å². The van der Waals surface area contributed by atoms with Gasteiger partial charge in [-0.1, -0.05) is 12.1 Å². The van der Waals surface area contributed by atoms with Gasteiger partial charge < -0.3 is 9.52 Å². The molecule has 178 valence electrons. The molecule has 0 atom stereocenters. The number of alkyl halides is 3. The second-order valence-electron chi connectivity index (χ2n) is 7.57. The standard InChI is InChI=1S/C23H18F4N2O3S2/c1-11-3-6-16-20(29-18(32-16)7-8-19(30)31)21(11)33-10-17-12(2)28-22(34-17)13-4-5-14(15(24)9-13)23(25,26)27/h3-6,9H,7-8,10H2,1-2H3,(H,30,31). The molecule has 0 fully saturated rings. The molecule has 2 aromatic heterocycles. The number of hydrogen-bond donors (Lipinski definition) is 1. The molecule has 0 saturated heterocycles. The summed E-state index contributed by atoms with van der Waals surface area (Å²) in [5, 5.41) is 9.32. The van der Waals surface area contributed by atoms with Crippen molar-refractivity contribution in [3.05, 3.63) is 63.7 Å². The van der Waals surface area contributed by atoms with Crippen molar-refractivity contribution < 1.29 is 31.9 Å². The zero-order valence-corrected chi connectivity index (χ0v) is 19.6. The van der Waals surface area contributed by atoms with Gasteiger partial charge in [0.25, 0.3) is 0 Å². The molecule has 0 amide bonds. The molecule has 11 heteroatoms. The van der Waals surface area contributed by atoms with Crippen LogP contribution in [-0.2, 0) is 23.1 Å². The van der Waals surface area contributed by atoms with Gasteiger partial charge in [-0.15, -0.1) is 23.1 Å². The minimum Gasteiger partial charge on any atom is -0.481 e. The van der Waals surface area contributed by atoms with E-state index in [0.717, 1.165) is 27.5 Å². The molecule has 2 heterocycles. The normalized spacial score (nSPS) is 11.9. The molecule has 2 aromatic carbocycles. The molecule has 1 N–H and O–H groups in total. The predicted molar refractivity (Wildman–Crippen MR) is 122 cm³/mol. The third kappa shape index (κ3) is 5.10. The summed E-state index contributed by atoms with van der Waals surface area (Å²) in [7, 11) is 0. The number of aliphatic carboxylic acids is 1. The Morgan fingerprint density at radius 2 is 1.94 bits per heavy atom. The van der Waals surface area contributed by atoms with Crippen LogP contribution in [0, 0.1) is 19.7 Å². The smallest absolute Gasteiger partial charge is 0.419 e. The average molecular weight is 511 g/mol. The lowest BCUT2D eigenvalue weighted by molar-refractivity contribution is -0.140. The molecule has 0 spiro atoms. The van der Waals surface area contributed by atoms with Crippen LogP contribution in [0.5, 0.6) is 0 Å². The van der Waals surface area contributed by atoms with Gasteiger partial charge in [-0.25, -0.2) is 14.4 Å². The number of carbonyl (C=O) groups is 1. The summed E-state index contributed by atoms with van der Waals surface area (Å²) in [4.78, 5) is 21.5. The first-order valence-electron chi connectivity index (χ1n) is 10.1. The number of aryl methyl sites for hydroxylation is 3. The van der Waals surface area contributed by atoms with Crippen LogP contribution in [-0.4, -0.2) is 21.0 Å². The highest BCUT2D eigenvalue weighted by atomic mass is 32.2. The van der Waals surface area contributed by atoms with Crippen LogP contribution in [0.1, 0.15) is 34.0 Å². The van der Waals surface area contributed by atoms with Gasteiger partial charge in [0.1, 0.15) is 16.3 Å². The fourth-order valence-electron chi connectivity index (χ4n) is 3.32. The number of nitrogens with zero attached hydrogens (tertiary/aromatic N) is 2. The number of rotatable bonds is 7. The van der Waals surface area contributed by atoms with Gasteiger partial charge in [-0.2, -0.15) is 13.2 Å². The van der Waals surface area contributed by atoms with Gasteiger partial charge in [-0.3, -0.25) is 4.79 Å². The van der Waals surface area contributed by atoms with E-state index < -0.39 is 23.5 Å². The van der Waals surface area contributed by atoms with Gasteiger partial charge in [0, 0.05) is 27.5 Å². The van der Waals surface area contributed by atoms with Gasteiger partial charge in [0.2, 0.25) is 0 Å². The SMILES string of the molecule is Cc1ccc2oc(CCC(=O)O)nc2c1SCc1sc(-c2ccc(C(F)(F)F)c(F)c2)nc1C. The van der Waals surface area contributed by atoms with Crippen LogP contribution >= 0.6 is 23.1 Å². The maximum Gasteiger partial charge on any atom is 0.419 e. The second kappa shape index (κ2) is 9.38. The van der Waals surface area contributed by atoms with Gasteiger partial charge >= 0.3 is 12.1 Å². The van der Waals surface area contributed by atoms with E-state index in [2.05, 4.69) is 9.97 Å². The highest BCUT2D eigenvalue weighted by Gasteiger charge is 2.34. The molecule has 4 rings (SSSR count). The summed E-state index contributed by atoms with van der Waals surface area (Å²) >= 11 is 2.80. The third-order valence-electron chi connectivity index (χ3n) is 5.07. The Kier molecular flexibility index (Phi) is 6.68. The number of oxazole rings is 1. The fourth-order valence-corrected chi connectivity index (χ4v) is 5.65. The van der Waals surface area contributed by atoms with Crippen molar-refractivity contribution in [2.45, 2.75) is 43.5 Å². The third-order valence-corrected chi connectivity index (χ3v) is 7.70. The van der Waals surface area contributed by atoms with Gasteiger partial charge in [-0.05, 0) is 37.6 Å². The van der Waals surface area contributed by atoms with Crippen molar-refractivity contribution in [1.82, 2.24) is 9.97 Å². The molecule has 0 aliphatic rings. The van der Waals surface area contributed by atoms with Crippen molar-refractivity contribution in [3.63, 3.8) is 0 Å².